The highest BCUT2D eigenvalue weighted by Gasteiger charge is 2.18. The fourth-order valence-corrected chi connectivity index (χ4v) is 2.43. The molecular weight excluding hydrogens is 300 g/mol. The lowest BCUT2D eigenvalue weighted by atomic mass is 10.1. The van der Waals surface area contributed by atoms with Gasteiger partial charge in [-0.1, -0.05) is 11.6 Å². The molecule has 0 aliphatic carbocycles. The van der Waals surface area contributed by atoms with E-state index in [0.717, 1.165) is 0 Å². The first-order chi connectivity index (χ1) is 9.51. The van der Waals surface area contributed by atoms with Gasteiger partial charge in [-0.25, -0.2) is 9.78 Å². The van der Waals surface area contributed by atoms with Crippen molar-refractivity contribution in [2.75, 3.05) is 17.7 Å². The number of nitrogens with zero attached hydrogens (tertiary/aromatic N) is 2. The van der Waals surface area contributed by atoms with Gasteiger partial charge in [0.1, 0.15) is 5.82 Å². The van der Waals surface area contributed by atoms with Crippen molar-refractivity contribution in [3.8, 4) is 0 Å². The summed E-state index contributed by atoms with van der Waals surface area (Å²) in [5.41, 5.74) is 6.78. The van der Waals surface area contributed by atoms with Gasteiger partial charge in [0, 0.05) is 17.2 Å². The number of carbonyl (C=O) groups excluding carboxylic acids is 1. The van der Waals surface area contributed by atoms with E-state index < -0.39 is 5.97 Å². The van der Waals surface area contributed by atoms with Crippen molar-refractivity contribution >= 4 is 45.6 Å². The van der Waals surface area contributed by atoms with Gasteiger partial charge in [-0.2, -0.15) is 4.37 Å². The molecule has 0 fully saturated rings. The van der Waals surface area contributed by atoms with E-state index in [9.17, 15) is 4.79 Å². The number of benzene rings is 1. The molecule has 8 heteroatoms. The Morgan fingerprint density at radius 3 is 2.90 bits per heavy atom. The second-order valence-corrected chi connectivity index (χ2v) is 5.08. The van der Waals surface area contributed by atoms with Crippen LogP contribution in [0.15, 0.2) is 12.1 Å². The number of nitrogens with one attached hydrogen (secondary N) is 1. The van der Waals surface area contributed by atoms with Crippen molar-refractivity contribution in [2.45, 2.75) is 13.8 Å². The Morgan fingerprint density at radius 1 is 1.55 bits per heavy atom. The summed E-state index contributed by atoms with van der Waals surface area (Å²) in [5, 5.41) is 3.85. The molecule has 2 aromatic rings. The molecule has 0 saturated carbocycles. The SMILES string of the molecule is CCOC(=O)c1cc(N)cc(Cl)c1Nc1nc(C)ns1. The zero-order valence-corrected chi connectivity index (χ0v) is 12.5. The predicted molar refractivity (Wildman–Crippen MR) is 79.7 cm³/mol. The van der Waals surface area contributed by atoms with E-state index in [4.69, 9.17) is 22.1 Å². The molecule has 106 valence electrons. The highest BCUT2D eigenvalue weighted by atomic mass is 35.5. The number of aromatic nitrogens is 2. The van der Waals surface area contributed by atoms with Crippen molar-refractivity contribution in [3.63, 3.8) is 0 Å². The first kappa shape index (κ1) is 14.5. The number of aryl methyl sites for hydroxylation is 1. The van der Waals surface area contributed by atoms with Crippen LogP contribution in [0.4, 0.5) is 16.5 Å². The van der Waals surface area contributed by atoms with Gasteiger partial charge >= 0.3 is 5.97 Å². The van der Waals surface area contributed by atoms with Crippen LogP contribution >= 0.6 is 23.1 Å². The van der Waals surface area contributed by atoms with Crippen LogP contribution in [-0.2, 0) is 4.74 Å². The number of hydrogen-bond acceptors (Lipinski definition) is 7. The highest BCUT2D eigenvalue weighted by Crippen LogP contribution is 2.32. The molecule has 20 heavy (non-hydrogen) atoms. The molecule has 1 aromatic heterocycles. The van der Waals surface area contributed by atoms with E-state index in [-0.39, 0.29) is 12.2 Å². The molecule has 0 bridgehead atoms. The molecule has 6 nitrogen and oxygen atoms in total. The van der Waals surface area contributed by atoms with Gasteiger partial charge in [-0.3, -0.25) is 0 Å². The molecule has 0 radical (unpaired) electrons. The molecule has 0 aliphatic rings. The number of rotatable bonds is 4. The molecule has 0 spiro atoms. The Kier molecular flexibility index (Phi) is 4.41. The van der Waals surface area contributed by atoms with Gasteiger partial charge in [0.15, 0.2) is 0 Å². The van der Waals surface area contributed by atoms with Crippen LogP contribution in [0.5, 0.6) is 0 Å². The van der Waals surface area contributed by atoms with Crippen LogP contribution < -0.4 is 11.1 Å². The van der Waals surface area contributed by atoms with Crippen molar-refractivity contribution in [3.05, 3.63) is 28.5 Å². The van der Waals surface area contributed by atoms with Crippen LogP contribution in [0.3, 0.4) is 0 Å². The number of hydrogen-bond donors (Lipinski definition) is 2. The zero-order chi connectivity index (χ0) is 14.7. The average molecular weight is 313 g/mol. The maximum Gasteiger partial charge on any atom is 0.340 e. The maximum atomic E-state index is 12.0. The first-order valence-corrected chi connectivity index (χ1v) is 7.00. The number of ether oxygens (including phenoxy) is 1. The lowest BCUT2D eigenvalue weighted by molar-refractivity contribution is 0.0527. The van der Waals surface area contributed by atoms with E-state index in [0.29, 0.717) is 27.4 Å². The lowest BCUT2D eigenvalue weighted by Crippen LogP contribution is -2.09. The molecule has 1 aromatic carbocycles. The second kappa shape index (κ2) is 6.06. The summed E-state index contributed by atoms with van der Waals surface area (Å²) in [4.78, 5) is 16.1. The Morgan fingerprint density at radius 2 is 2.30 bits per heavy atom. The molecule has 2 rings (SSSR count). The monoisotopic (exact) mass is 312 g/mol. The zero-order valence-electron chi connectivity index (χ0n) is 10.9. The largest absolute Gasteiger partial charge is 0.462 e. The van der Waals surface area contributed by atoms with Crippen molar-refractivity contribution in [2.24, 2.45) is 0 Å². The van der Waals surface area contributed by atoms with Crippen molar-refractivity contribution in [1.29, 1.82) is 0 Å². The van der Waals surface area contributed by atoms with Gasteiger partial charge in [0.05, 0.1) is 22.9 Å². The molecule has 1 heterocycles. The minimum atomic E-state index is -0.495. The third-order valence-corrected chi connectivity index (χ3v) is 3.39. The van der Waals surface area contributed by atoms with Gasteiger partial charge in [-0.15, -0.1) is 0 Å². The quantitative estimate of drug-likeness (QED) is 0.666. The summed E-state index contributed by atoms with van der Waals surface area (Å²) in [7, 11) is 0. The minimum absolute atomic E-state index is 0.266. The Labute approximate surface area is 125 Å². The Bertz CT molecular complexity index is 644. The number of nitrogen functional groups attached to an aromatic ring is 1. The average Bonchev–Trinajstić information content (AvgIpc) is 2.78. The first-order valence-electron chi connectivity index (χ1n) is 5.84. The number of carbonyl (C=O) groups is 1. The van der Waals surface area contributed by atoms with Crippen LogP contribution in [0, 0.1) is 6.92 Å². The lowest BCUT2D eigenvalue weighted by Gasteiger charge is -2.12. The molecule has 3 N–H and O–H groups in total. The standard InChI is InChI=1S/C12H13ClN4O2S/c1-3-19-11(18)8-4-7(14)5-9(13)10(8)16-12-15-6(2)17-20-12/h4-5H,3,14H2,1-2H3,(H,15,16,17). The van der Waals surface area contributed by atoms with Crippen LogP contribution in [0.2, 0.25) is 5.02 Å². The summed E-state index contributed by atoms with van der Waals surface area (Å²) in [5.74, 6) is 0.146. The van der Waals surface area contributed by atoms with Crippen LogP contribution in [0.1, 0.15) is 23.1 Å². The number of halogens is 1. The number of anilines is 3. The fraction of sp³-hybridized carbons (Fsp3) is 0.250. The van der Waals surface area contributed by atoms with Gasteiger partial charge < -0.3 is 15.8 Å². The maximum absolute atomic E-state index is 12.0. The van der Waals surface area contributed by atoms with Gasteiger partial charge in [-0.05, 0) is 26.0 Å². The molecule has 0 atom stereocenters. The van der Waals surface area contributed by atoms with Crippen molar-refractivity contribution < 1.29 is 9.53 Å². The molecular formula is C12H13ClN4O2S. The predicted octanol–water partition coefficient (Wildman–Crippen LogP) is 3.00. The van der Waals surface area contributed by atoms with Gasteiger partial charge in [0.25, 0.3) is 0 Å². The van der Waals surface area contributed by atoms with E-state index in [1.54, 1.807) is 19.9 Å². The minimum Gasteiger partial charge on any atom is -0.462 e. The summed E-state index contributed by atoms with van der Waals surface area (Å²) >= 11 is 7.32. The smallest absolute Gasteiger partial charge is 0.340 e. The van der Waals surface area contributed by atoms with E-state index in [2.05, 4.69) is 14.7 Å². The second-order valence-electron chi connectivity index (χ2n) is 3.92. The fourth-order valence-electron chi connectivity index (χ4n) is 1.58. The Balaban J connectivity index is 2.42. The summed E-state index contributed by atoms with van der Waals surface area (Å²) in [6.45, 7) is 3.77. The Hall–Kier alpha value is -1.86. The molecule has 0 saturated heterocycles. The third-order valence-electron chi connectivity index (χ3n) is 2.37. The number of esters is 1. The van der Waals surface area contributed by atoms with Crippen molar-refractivity contribution in [1.82, 2.24) is 9.36 Å². The summed E-state index contributed by atoms with van der Waals surface area (Å²) < 4.78 is 9.05. The van der Waals surface area contributed by atoms with Crippen LogP contribution in [0.25, 0.3) is 0 Å². The van der Waals surface area contributed by atoms with E-state index >= 15 is 0 Å². The third kappa shape index (κ3) is 3.17. The van der Waals surface area contributed by atoms with E-state index in [1.807, 2.05) is 0 Å². The molecule has 0 amide bonds. The summed E-state index contributed by atoms with van der Waals surface area (Å²) in [6.07, 6.45) is 0. The molecule has 0 unspecified atom stereocenters. The normalized spacial score (nSPS) is 10.3. The topological polar surface area (TPSA) is 90.1 Å². The van der Waals surface area contributed by atoms with E-state index in [1.165, 1.54) is 17.6 Å². The summed E-state index contributed by atoms with van der Waals surface area (Å²) in [6, 6.07) is 3.07. The van der Waals surface area contributed by atoms with Gasteiger partial charge in [0.2, 0.25) is 5.13 Å². The van der Waals surface area contributed by atoms with Crippen LogP contribution in [-0.4, -0.2) is 21.9 Å². The molecule has 0 aliphatic heterocycles. The highest BCUT2D eigenvalue weighted by molar-refractivity contribution is 7.09. The number of nitrogens with two attached hydrogens (primary N) is 1.